The topological polar surface area (TPSA) is 91.0 Å². The molecule has 0 aromatic heterocycles. The van der Waals surface area contributed by atoms with Gasteiger partial charge < -0.3 is 9.47 Å². The number of carbonyl (C=O) groups is 1. The average molecular weight is 449 g/mol. The Labute approximate surface area is 188 Å². The third kappa shape index (κ3) is 4.84. The Kier molecular flexibility index (Phi) is 6.00. The van der Waals surface area contributed by atoms with E-state index in [4.69, 9.17) is 21.1 Å². The third-order valence-corrected chi connectivity index (χ3v) is 4.98. The summed E-state index contributed by atoms with van der Waals surface area (Å²) in [7, 11) is 0. The predicted octanol–water partition coefficient (Wildman–Crippen LogP) is 5.48. The number of carbonyl (C=O) groups excluding carboxylic acids is 1. The van der Waals surface area contributed by atoms with Crippen LogP contribution in [0.1, 0.15) is 22.3 Å². The number of hydrogen-bond donors (Lipinski definition) is 0. The minimum absolute atomic E-state index is 0.00648. The molecule has 0 N–H and O–H groups in total. The van der Waals surface area contributed by atoms with Crippen molar-refractivity contribution in [2.24, 2.45) is 4.99 Å². The van der Waals surface area contributed by atoms with Gasteiger partial charge in [-0.15, -0.1) is 0 Å². The molecule has 160 valence electrons. The van der Waals surface area contributed by atoms with Crippen molar-refractivity contribution in [2.75, 3.05) is 0 Å². The molecule has 3 aromatic rings. The summed E-state index contributed by atoms with van der Waals surface area (Å²) in [5.41, 5.74) is 3.14. The Balaban J connectivity index is 1.53. The Hall–Kier alpha value is -3.97. The molecule has 0 aliphatic carbocycles. The van der Waals surface area contributed by atoms with E-state index in [9.17, 15) is 14.9 Å². The van der Waals surface area contributed by atoms with Crippen molar-refractivity contribution in [1.29, 1.82) is 0 Å². The molecule has 0 atom stereocenters. The number of hydrogen-bond acceptors (Lipinski definition) is 6. The molecule has 1 aliphatic rings. The van der Waals surface area contributed by atoms with Crippen LogP contribution in [-0.2, 0) is 16.1 Å². The number of nitrogens with zero attached hydrogens (tertiary/aromatic N) is 2. The van der Waals surface area contributed by atoms with Crippen molar-refractivity contribution in [3.63, 3.8) is 0 Å². The number of cyclic esters (lactones) is 1. The first kappa shape index (κ1) is 21.3. The van der Waals surface area contributed by atoms with Crippen LogP contribution < -0.4 is 4.74 Å². The van der Waals surface area contributed by atoms with Gasteiger partial charge in [-0.25, -0.2) is 9.79 Å². The van der Waals surface area contributed by atoms with Crippen LogP contribution >= 0.6 is 11.6 Å². The summed E-state index contributed by atoms with van der Waals surface area (Å²) < 4.78 is 11.1. The maximum Gasteiger partial charge on any atom is 0.363 e. The molecule has 4 rings (SSSR count). The molecule has 8 heteroatoms. The summed E-state index contributed by atoms with van der Waals surface area (Å²) in [6.07, 6.45) is 1.58. The van der Waals surface area contributed by atoms with Crippen LogP contribution in [0.5, 0.6) is 5.75 Å². The highest BCUT2D eigenvalue weighted by atomic mass is 35.5. The smallest absolute Gasteiger partial charge is 0.363 e. The maximum atomic E-state index is 12.3. The second-order valence-electron chi connectivity index (χ2n) is 7.11. The van der Waals surface area contributed by atoms with Crippen molar-refractivity contribution < 1.29 is 19.2 Å². The largest absolute Gasteiger partial charge is 0.489 e. The van der Waals surface area contributed by atoms with Crippen LogP contribution in [0.2, 0.25) is 5.02 Å². The number of non-ortho nitro benzene ring substituents is 1. The van der Waals surface area contributed by atoms with Crippen LogP contribution in [0.25, 0.3) is 6.08 Å². The van der Waals surface area contributed by atoms with Crippen LogP contribution in [0.3, 0.4) is 0 Å². The predicted molar refractivity (Wildman–Crippen MR) is 121 cm³/mol. The Morgan fingerprint density at radius 2 is 1.94 bits per heavy atom. The van der Waals surface area contributed by atoms with Gasteiger partial charge in [0.1, 0.15) is 12.4 Å². The average Bonchev–Trinajstić information content (AvgIpc) is 3.12. The highest BCUT2D eigenvalue weighted by Crippen LogP contribution is 2.27. The van der Waals surface area contributed by atoms with Gasteiger partial charge in [-0.05, 0) is 42.3 Å². The van der Waals surface area contributed by atoms with Crippen molar-refractivity contribution >= 4 is 35.2 Å². The Bertz CT molecular complexity index is 1280. The molecular formula is C24H17ClN2O5. The second-order valence-corrected chi connectivity index (χ2v) is 7.51. The zero-order valence-electron chi connectivity index (χ0n) is 16.9. The van der Waals surface area contributed by atoms with E-state index in [0.717, 1.165) is 11.1 Å². The molecule has 3 aromatic carbocycles. The van der Waals surface area contributed by atoms with Crippen LogP contribution in [-0.4, -0.2) is 16.8 Å². The second kappa shape index (κ2) is 9.03. The molecule has 1 heterocycles. The standard InChI is InChI=1S/C24H17ClN2O5/c1-15-4-2-6-17(10-15)14-31-19-7-3-5-16(11-19)12-22-24(28)32-23(26-22)20-9-8-18(27(29)30)13-21(20)25/h2-13H,14H2,1H3/b22-12-. The van der Waals surface area contributed by atoms with Gasteiger partial charge >= 0.3 is 5.97 Å². The third-order valence-electron chi connectivity index (χ3n) is 4.66. The number of aliphatic imine (C=N–C) groups is 1. The van der Waals surface area contributed by atoms with Crippen molar-refractivity contribution in [2.45, 2.75) is 13.5 Å². The van der Waals surface area contributed by atoms with E-state index in [2.05, 4.69) is 11.1 Å². The number of esters is 1. The van der Waals surface area contributed by atoms with E-state index in [1.807, 2.05) is 43.3 Å². The molecule has 0 saturated carbocycles. The van der Waals surface area contributed by atoms with Gasteiger partial charge in [0.15, 0.2) is 5.70 Å². The molecule has 0 bridgehead atoms. The first-order valence-corrected chi connectivity index (χ1v) is 10.0. The Morgan fingerprint density at radius 3 is 2.69 bits per heavy atom. The number of nitro groups is 1. The first-order chi connectivity index (χ1) is 15.4. The fraction of sp³-hybridized carbons (Fsp3) is 0.0833. The lowest BCUT2D eigenvalue weighted by molar-refractivity contribution is -0.384. The number of nitro benzene ring substituents is 1. The van der Waals surface area contributed by atoms with E-state index in [-0.39, 0.29) is 22.3 Å². The summed E-state index contributed by atoms with van der Waals surface area (Å²) in [6, 6.07) is 19.2. The number of aryl methyl sites for hydroxylation is 1. The van der Waals surface area contributed by atoms with Gasteiger partial charge in [0.25, 0.3) is 5.69 Å². The zero-order chi connectivity index (χ0) is 22.7. The van der Waals surface area contributed by atoms with Gasteiger partial charge in [0.05, 0.1) is 15.5 Å². The van der Waals surface area contributed by atoms with Crippen LogP contribution in [0.15, 0.2) is 77.4 Å². The van der Waals surface area contributed by atoms with Crippen LogP contribution in [0.4, 0.5) is 5.69 Å². The summed E-state index contributed by atoms with van der Waals surface area (Å²) in [5, 5.41) is 10.9. The van der Waals surface area contributed by atoms with E-state index < -0.39 is 10.9 Å². The number of rotatable bonds is 6. The fourth-order valence-corrected chi connectivity index (χ4v) is 3.39. The molecule has 0 fully saturated rings. The molecule has 7 nitrogen and oxygen atoms in total. The summed E-state index contributed by atoms with van der Waals surface area (Å²) >= 11 is 6.11. The zero-order valence-corrected chi connectivity index (χ0v) is 17.7. The first-order valence-electron chi connectivity index (χ1n) is 9.64. The number of ether oxygens (including phenoxy) is 2. The van der Waals surface area contributed by atoms with E-state index >= 15 is 0 Å². The lowest BCUT2D eigenvalue weighted by atomic mass is 10.1. The normalized spacial score (nSPS) is 14.2. The summed E-state index contributed by atoms with van der Waals surface area (Å²) in [5.74, 6) is 0.00309. The molecule has 0 spiro atoms. The van der Waals surface area contributed by atoms with E-state index in [0.29, 0.717) is 23.5 Å². The fourth-order valence-electron chi connectivity index (χ4n) is 3.14. The molecule has 0 saturated heterocycles. The summed E-state index contributed by atoms with van der Waals surface area (Å²) in [4.78, 5) is 26.8. The minimum Gasteiger partial charge on any atom is -0.489 e. The van der Waals surface area contributed by atoms with E-state index in [1.165, 1.54) is 18.2 Å². The molecule has 0 unspecified atom stereocenters. The molecule has 0 radical (unpaired) electrons. The summed E-state index contributed by atoms with van der Waals surface area (Å²) in [6.45, 7) is 2.44. The maximum absolute atomic E-state index is 12.3. The van der Waals surface area contributed by atoms with Gasteiger partial charge in [0.2, 0.25) is 5.90 Å². The van der Waals surface area contributed by atoms with Crippen molar-refractivity contribution in [3.05, 3.63) is 110 Å². The lowest BCUT2D eigenvalue weighted by Gasteiger charge is -2.07. The Morgan fingerprint density at radius 1 is 1.12 bits per heavy atom. The highest BCUT2D eigenvalue weighted by Gasteiger charge is 2.26. The van der Waals surface area contributed by atoms with Crippen molar-refractivity contribution in [1.82, 2.24) is 0 Å². The van der Waals surface area contributed by atoms with E-state index in [1.54, 1.807) is 12.1 Å². The lowest BCUT2D eigenvalue weighted by Crippen LogP contribution is -2.06. The number of halogens is 1. The van der Waals surface area contributed by atoms with Crippen LogP contribution in [0, 0.1) is 17.0 Å². The quantitative estimate of drug-likeness (QED) is 0.215. The van der Waals surface area contributed by atoms with Gasteiger partial charge in [-0.3, -0.25) is 10.1 Å². The number of benzene rings is 3. The minimum atomic E-state index is -0.638. The van der Waals surface area contributed by atoms with Gasteiger partial charge in [-0.1, -0.05) is 53.6 Å². The molecule has 0 amide bonds. The van der Waals surface area contributed by atoms with Gasteiger partial charge in [-0.2, -0.15) is 0 Å². The molecular weight excluding hydrogens is 432 g/mol. The van der Waals surface area contributed by atoms with Crippen molar-refractivity contribution in [3.8, 4) is 5.75 Å². The highest BCUT2D eigenvalue weighted by molar-refractivity contribution is 6.34. The molecule has 32 heavy (non-hydrogen) atoms. The van der Waals surface area contributed by atoms with Gasteiger partial charge in [0, 0.05) is 12.1 Å². The SMILES string of the molecule is Cc1cccc(COc2cccc(/C=C3\N=C(c4ccc([N+](=O)[O-])cc4Cl)OC3=O)c2)c1. The molecule has 1 aliphatic heterocycles. The monoisotopic (exact) mass is 448 g/mol.